The number of carbonyl (C=O) groups is 1. The van der Waals surface area contributed by atoms with Gasteiger partial charge in [-0.05, 0) is 42.0 Å². The van der Waals surface area contributed by atoms with Crippen molar-refractivity contribution >= 4 is 5.97 Å². The fraction of sp³-hybridized carbons (Fsp3) is 0.500. The smallest absolute Gasteiger partial charge is 0.338 e. The number of aromatic hydroxyl groups is 1. The summed E-state index contributed by atoms with van der Waals surface area (Å²) in [5, 5.41) is 70.3. The van der Waals surface area contributed by atoms with Gasteiger partial charge in [0.15, 0.2) is 12.4 Å². The van der Waals surface area contributed by atoms with E-state index in [1.54, 1.807) is 0 Å². The molecule has 0 radical (unpaired) electrons. The van der Waals surface area contributed by atoms with Crippen molar-refractivity contribution in [2.45, 2.75) is 48.7 Å². The number of benzene rings is 1. The highest BCUT2D eigenvalue weighted by Crippen LogP contribution is 2.45. The summed E-state index contributed by atoms with van der Waals surface area (Å²) in [5.74, 6) is -1.94. The van der Waals surface area contributed by atoms with Gasteiger partial charge in [0.2, 0.25) is 6.29 Å². The summed E-state index contributed by atoms with van der Waals surface area (Å²) in [4.78, 5) is 12.6. The molecule has 1 aromatic carbocycles. The molecule has 4 rings (SSSR count). The van der Waals surface area contributed by atoms with Gasteiger partial charge in [0.05, 0.1) is 31.0 Å². The van der Waals surface area contributed by atoms with Gasteiger partial charge in [-0.2, -0.15) is 0 Å². The number of fused-ring (bicyclic) bond motifs is 1. The predicted molar refractivity (Wildman–Crippen MR) is 110 cm³/mol. The highest BCUT2D eigenvalue weighted by molar-refractivity contribution is 5.89. The summed E-state index contributed by atoms with van der Waals surface area (Å²) in [5.41, 5.74) is -1.57. The molecule has 0 spiro atoms. The average Bonchev–Trinajstić information content (AvgIpc) is 3.11. The van der Waals surface area contributed by atoms with Crippen molar-refractivity contribution in [2.24, 2.45) is 5.92 Å². The first kappa shape index (κ1) is 24.6. The Bertz CT molecular complexity index is 944. The van der Waals surface area contributed by atoms with E-state index in [0.717, 1.165) is 6.26 Å². The van der Waals surface area contributed by atoms with Crippen LogP contribution in [0.4, 0.5) is 0 Å². The van der Waals surface area contributed by atoms with Crippen molar-refractivity contribution in [1.82, 2.24) is 0 Å². The van der Waals surface area contributed by atoms with Crippen molar-refractivity contribution in [3.05, 3.63) is 53.8 Å². The molecule has 2 aliphatic heterocycles. The molecule has 1 saturated heterocycles. The molecule has 0 unspecified atom stereocenters. The van der Waals surface area contributed by atoms with Crippen LogP contribution in [0.1, 0.15) is 10.4 Å². The monoisotopic (exact) mass is 482 g/mol. The molecule has 7 N–H and O–H groups in total. The molecule has 186 valence electrons. The van der Waals surface area contributed by atoms with Crippen molar-refractivity contribution in [3.63, 3.8) is 0 Å². The number of aliphatic hydroxyl groups excluding tert-OH is 5. The number of esters is 1. The normalized spacial score (nSPS) is 39.2. The van der Waals surface area contributed by atoms with Gasteiger partial charge in [-0.3, -0.25) is 0 Å². The van der Waals surface area contributed by atoms with Gasteiger partial charge in [-0.1, -0.05) is 0 Å². The molecule has 12 nitrogen and oxygen atoms in total. The Morgan fingerprint density at radius 2 is 1.74 bits per heavy atom. The van der Waals surface area contributed by atoms with Crippen LogP contribution in [0.5, 0.6) is 5.75 Å². The number of aliphatic hydroxyl groups is 6. The lowest BCUT2D eigenvalue weighted by Crippen LogP contribution is -2.61. The second-order valence-corrected chi connectivity index (χ2v) is 8.28. The van der Waals surface area contributed by atoms with Crippen molar-refractivity contribution in [3.8, 4) is 5.75 Å². The first-order valence-corrected chi connectivity index (χ1v) is 10.5. The largest absolute Gasteiger partial charge is 0.508 e. The fourth-order valence-corrected chi connectivity index (χ4v) is 4.28. The zero-order chi connectivity index (χ0) is 24.6. The molecule has 12 heteroatoms. The average molecular weight is 482 g/mol. The lowest BCUT2D eigenvalue weighted by Gasteiger charge is -2.44. The number of rotatable bonds is 6. The van der Waals surface area contributed by atoms with Crippen LogP contribution >= 0.6 is 0 Å². The number of phenols is 1. The van der Waals surface area contributed by atoms with E-state index < -0.39 is 73.8 Å². The standard InChI is InChI=1S/C22H26O12/c23-8-11-7-14(33-19(29)10-1-3-12(25)4-2-10)22(30)5-6-31-20(15(11)22)34-21-18(28)17(27)16(26)13(9-24)32-21/h1-7,13-18,20-21,23-28,30H,8-9H2/t13-,14-,15+,16+,17+,18+,20+,21+,22-/m0/s1. The van der Waals surface area contributed by atoms with Crippen LogP contribution in [0.15, 0.2) is 48.3 Å². The second-order valence-electron chi connectivity index (χ2n) is 8.28. The lowest BCUT2D eigenvalue weighted by molar-refractivity contribution is -0.344. The van der Waals surface area contributed by atoms with Crippen LogP contribution in [-0.4, -0.2) is 104 Å². The number of hydrogen-bond acceptors (Lipinski definition) is 12. The van der Waals surface area contributed by atoms with E-state index in [0.29, 0.717) is 0 Å². The van der Waals surface area contributed by atoms with E-state index in [-0.39, 0.29) is 16.9 Å². The van der Waals surface area contributed by atoms with Gasteiger partial charge >= 0.3 is 5.97 Å². The zero-order valence-electron chi connectivity index (χ0n) is 17.7. The Morgan fingerprint density at radius 3 is 2.38 bits per heavy atom. The predicted octanol–water partition coefficient (Wildman–Crippen LogP) is -2.12. The molecule has 1 fully saturated rings. The summed E-state index contributed by atoms with van der Waals surface area (Å²) < 4.78 is 21.9. The topological polar surface area (TPSA) is 196 Å². The zero-order valence-corrected chi connectivity index (χ0v) is 17.7. The highest BCUT2D eigenvalue weighted by atomic mass is 16.8. The van der Waals surface area contributed by atoms with E-state index in [4.69, 9.17) is 18.9 Å². The van der Waals surface area contributed by atoms with Crippen LogP contribution in [0.3, 0.4) is 0 Å². The maximum Gasteiger partial charge on any atom is 0.338 e. The summed E-state index contributed by atoms with van der Waals surface area (Å²) in [6.45, 7) is -1.22. The maximum absolute atomic E-state index is 12.6. The maximum atomic E-state index is 12.6. The van der Waals surface area contributed by atoms with Crippen molar-refractivity contribution in [2.75, 3.05) is 13.2 Å². The highest BCUT2D eigenvalue weighted by Gasteiger charge is 2.57. The van der Waals surface area contributed by atoms with Crippen LogP contribution < -0.4 is 0 Å². The van der Waals surface area contributed by atoms with Crippen LogP contribution in [0, 0.1) is 5.92 Å². The Morgan fingerprint density at radius 1 is 1.03 bits per heavy atom. The molecule has 0 bridgehead atoms. The number of phenolic OH excluding ortho intramolecular Hbond substituents is 1. The summed E-state index contributed by atoms with van der Waals surface area (Å²) in [6, 6.07) is 5.29. The molecule has 0 saturated carbocycles. The molecule has 1 aromatic rings. The molecular formula is C22H26O12. The minimum absolute atomic E-state index is 0.0425. The van der Waals surface area contributed by atoms with E-state index in [9.17, 15) is 40.5 Å². The first-order valence-electron chi connectivity index (χ1n) is 10.5. The SMILES string of the molecule is O=C(O[C@H]1C=C(CO)[C@@H]2[C@@H](O[C@H]3O[C@@H](CO)[C@@H](O)[C@@H](O)[C@H]3O)OC=C[C@]12O)c1ccc(O)cc1. The van der Waals surface area contributed by atoms with Crippen LogP contribution in [0.2, 0.25) is 0 Å². The molecule has 34 heavy (non-hydrogen) atoms. The third-order valence-corrected chi connectivity index (χ3v) is 6.18. The minimum Gasteiger partial charge on any atom is -0.508 e. The van der Waals surface area contributed by atoms with E-state index in [2.05, 4.69) is 0 Å². The fourth-order valence-electron chi connectivity index (χ4n) is 4.28. The van der Waals surface area contributed by atoms with Crippen LogP contribution in [-0.2, 0) is 18.9 Å². The molecule has 0 amide bonds. The number of hydrogen-bond donors (Lipinski definition) is 7. The molecule has 0 aromatic heterocycles. The van der Waals surface area contributed by atoms with Crippen LogP contribution in [0.25, 0.3) is 0 Å². The van der Waals surface area contributed by atoms with E-state index >= 15 is 0 Å². The van der Waals surface area contributed by atoms with Crippen molar-refractivity contribution in [1.29, 1.82) is 0 Å². The second kappa shape index (κ2) is 9.60. The number of ether oxygens (including phenoxy) is 4. The van der Waals surface area contributed by atoms with Gasteiger partial charge in [-0.25, -0.2) is 4.79 Å². The van der Waals surface area contributed by atoms with E-state index in [1.807, 2.05) is 0 Å². The summed E-state index contributed by atoms with van der Waals surface area (Å²) in [6.07, 6.45) is -6.71. The number of carbonyl (C=O) groups excluding carboxylic acids is 1. The molecule has 2 heterocycles. The Labute approximate surface area is 193 Å². The molecule has 3 aliphatic rings. The Hall–Kier alpha value is -2.55. The van der Waals surface area contributed by atoms with Crippen molar-refractivity contribution < 1.29 is 59.5 Å². The minimum atomic E-state index is -1.90. The Balaban J connectivity index is 1.54. The molecule has 9 atom stereocenters. The lowest BCUT2D eigenvalue weighted by atomic mass is 9.83. The molecule has 1 aliphatic carbocycles. The Kier molecular flexibility index (Phi) is 6.94. The van der Waals surface area contributed by atoms with Gasteiger partial charge in [0.1, 0.15) is 35.8 Å². The molecular weight excluding hydrogens is 456 g/mol. The quantitative estimate of drug-likeness (QED) is 0.172. The van der Waals surface area contributed by atoms with Gasteiger partial charge in [0.25, 0.3) is 0 Å². The summed E-state index contributed by atoms with van der Waals surface area (Å²) >= 11 is 0. The van der Waals surface area contributed by atoms with E-state index in [1.165, 1.54) is 36.4 Å². The third-order valence-electron chi connectivity index (χ3n) is 6.18. The summed E-state index contributed by atoms with van der Waals surface area (Å²) in [7, 11) is 0. The first-order chi connectivity index (χ1) is 16.2. The van der Waals surface area contributed by atoms with Gasteiger partial charge in [-0.15, -0.1) is 0 Å². The third kappa shape index (κ3) is 4.30. The van der Waals surface area contributed by atoms with Gasteiger partial charge < -0.3 is 54.7 Å². The van der Waals surface area contributed by atoms with Gasteiger partial charge in [0, 0.05) is 0 Å².